The van der Waals surface area contributed by atoms with Gasteiger partial charge in [-0.3, -0.25) is 9.78 Å². The summed E-state index contributed by atoms with van der Waals surface area (Å²) >= 11 is 0. The lowest BCUT2D eigenvalue weighted by molar-refractivity contribution is -0.127. The SMILES string of the molecule is Cc1ncccc1Oc1ncnc(N2CC[C@H]3[C@H](CC(=O)N3C)C2)c1C. The standard InChI is InChI=1S/C19H23N5O2/c1-12-18(24-8-6-15-14(10-24)9-17(25)23(15)3)21-11-22-19(12)26-16-5-4-7-20-13(16)2/h4-5,7,11,14-15H,6,8-10H2,1-3H3/t14-,15+/m1/s1. The third-order valence-electron chi connectivity index (χ3n) is 5.50. The van der Waals surface area contributed by atoms with Crippen molar-refractivity contribution in [2.24, 2.45) is 5.92 Å². The van der Waals surface area contributed by atoms with E-state index in [9.17, 15) is 4.79 Å². The number of hydrogen-bond acceptors (Lipinski definition) is 6. The Kier molecular flexibility index (Phi) is 4.22. The van der Waals surface area contributed by atoms with Gasteiger partial charge in [0, 0.05) is 44.7 Å². The number of pyridine rings is 1. The van der Waals surface area contributed by atoms with Crippen molar-refractivity contribution in [1.82, 2.24) is 19.9 Å². The van der Waals surface area contributed by atoms with Crippen molar-refractivity contribution in [3.63, 3.8) is 0 Å². The highest BCUT2D eigenvalue weighted by atomic mass is 16.5. The second-order valence-corrected chi connectivity index (χ2v) is 7.09. The van der Waals surface area contributed by atoms with E-state index in [0.29, 0.717) is 30.0 Å². The first-order valence-corrected chi connectivity index (χ1v) is 8.96. The van der Waals surface area contributed by atoms with Gasteiger partial charge in [-0.25, -0.2) is 9.97 Å². The van der Waals surface area contributed by atoms with Gasteiger partial charge in [0.2, 0.25) is 11.8 Å². The molecular weight excluding hydrogens is 330 g/mol. The van der Waals surface area contributed by atoms with Crippen molar-refractivity contribution in [3.05, 3.63) is 35.9 Å². The molecule has 0 bridgehead atoms. The van der Waals surface area contributed by atoms with Crippen LogP contribution in [0.15, 0.2) is 24.7 Å². The molecule has 2 fully saturated rings. The number of aromatic nitrogens is 3. The molecule has 0 radical (unpaired) electrons. The van der Waals surface area contributed by atoms with Crippen LogP contribution < -0.4 is 9.64 Å². The Morgan fingerprint density at radius 3 is 2.88 bits per heavy atom. The largest absolute Gasteiger partial charge is 0.437 e. The van der Waals surface area contributed by atoms with Gasteiger partial charge in [0.15, 0.2) is 5.75 Å². The van der Waals surface area contributed by atoms with Crippen LogP contribution in [0.4, 0.5) is 5.82 Å². The van der Waals surface area contributed by atoms with E-state index in [4.69, 9.17) is 4.74 Å². The van der Waals surface area contributed by atoms with E-state index < -0.39 is 0 Å². The molecule has 4 heterocycles. The minimum absolute atomic E-state index is 0.248. The summed E-state index contributed by atoms with van der Waals surface area (Å²) in [6.07, 6.45) is 4.88. The highest BCUT2D eigenvalue weighted by Crippen LogP contribution is 2.35. The van der Waals surface area contributed by atoms with E-state index in [1.165, 1.54) is 0 Å². The molecule has 2 aromatic heterocycles. The molecule has 1 amide bonds. The molecule has 0 spiro atoms. The Labute approximate surface area is 153 Å². The molecule has 2 aliphatic heterocycles. The Morgan fingerprint density at radius 1 is 1.23 bits per heavy atom. The summed E-state index contributed by atoms with van der Waals surface area (Å²) in [4.78, 5) is 29.2. The van der Waals surface area contributed by atoms with E-state index in [2.05, 4.69) is 19.9 Å². The maximum atomic E-state index is 12.0. The van der Waals surface area contributed by atoms with Gasteiger partial charge < -0.3 is 14.5 Å². The number of aryl methyl sites for hydroxylation is 1. The molecule has 0 saturated carbocycles. The molecule has 0 aliphatic carbocycles. The van der Waals surface area contributed by atoms with E-state index >= 15 is 0 Å². The fraction of sp³-hybridized carbons (Fsp3) is 0.474. The van der Waals surface area contributed by atoms with Crippen LogP contribution in [0.3, 0.4) is 0 Å². The molecule has 26 heavy (non-hydrogen) atoms. The number of hydrogen-bond donors (Lipinski definition) is 0. The summed E-state index contributed by atoms with van der Waals surface area (Å²) in [6, 6.07) is 4.09. The monoisotopic (exact) mass is 353 g/mol. The zero-order valence-electron chi connectivity index (χ0n) is 15.3. The zero-order chi connectivity index (χ0) is 18.3. The highest BCUT2D eigenvalue weighted by Gasteiger charge is 2.41. The van der Waals surface area contributed by atoms with Crippen molar-refractivity contribution in [2.75, 3.05) is 25.0 Å². The van der Waals surface area contributed by atoms with Crippen LogP contribution in [0.5, 0.6) is 11.6 Å². The predicted octanol–water partition coefficient (Wildman–Crippen LogP) is 2.34. The normalized spacial score (nSPS) is 22.5. The van der Waals surface area contributed by atoms with Crippen molar-refractivity contribution in [2.45, 2.75) is 32.7 Å². The van der Waals surface area contributed by atoms with Crippen molar-refractivity contribution in [3.8, 4) is 11.6 Å². The third-order valence-corrected chi connectivity index (χ3v) is 5.50. The number of piperidine rings is 1. The number of likely N-dealkylation sites (tertiary alicyclic amines) is 1. The van der Waals surface area contributed by atoms with Crippen LogP contribution >= 0.6 is 0 Å². The van der Waals surface area contributed by atoms with Crippen LogP contribution in [0.2, 0.25) is 0 Å². The number of carbonyl (C=O) groups excluding carboxylic acids is 1. The molecule has 0 unspecified atom stereocenters. The number of rotatable bonds is 3. The van der Waals surface area contributed by atoms with Gasteiger partial charge in [-0.2, -0.15) is 0 Å². The average molecular weight is 353 g/mol. The van der Waals surface area contributed by atoms with Gasteiger partial charge in [-0.15, -0.1) is 0 Å². The van der Waals surface area contributed by atoms with E-state index in [-0.39, 0.29) is 5.91 Å². The van der Waals surface area contributed by atoms with Crippen molar-refractivity contribution >= 4 is 11.7 Å². The van der Waals surface area contributed by atoms with Crippen molar-refractivity contribution in [1.29, 1.82) is 0 Å². The first-order valence-electron chi connectivity index (χ1n) is 8.96. The minimum atomic E-state index is 0.248. The molecular formula is C19H23N5O2. The van der Waals surface area contributed by atoms with Gasteiger partial charge in [-0.05, 0) is 32.4 Å². The number of carbonyl (C=O) groups is 1. The second kappa shape index (κ2) is 6.55. The lowest BCUT2D eigenvalue weighted by Gasteiger charge is -2.37. The van der Waals surface area contributed by atoms with Crippen molar-refractivity contribution < 1.29 is 9.53 Å². The lowest BCUT2D eigenvalue weighted by Crippen LogP contribution is -2.45. The maximum absolute atomic E-state index is 12.0. The first-order chi connectivity index (χ1) is 12.5. The van der Waals surface area contributed by atoms with Crippen LogP contribution in [0, 0.1) is 19.8 Å². The van der Waals surface area contributed by atoms with Gasteiger partial charge in [0.1, 0.15) is 12.1 Å². The number of ether oxygens (including phenoxy) is 1. The summed E-state index contributed by atoms with van der Waals surface area (Å²) < 4.78 is 5.99. The summed E-state index contributed by atoms with van der Waals surface area (Å²) in [5, 5.41) is 0. The lowest BCUT2D eigenvalue weighted by atomic mass is 9.92. The molecule has 7 heteroatoms. The number of anilines is 1. The van der Waals surface area contributed by atoms with E-state index in [1.54, 1.807) is 12.5 Å². The Hall–Kier alpha value is -2.70. The van der Waals surface area contributed by atoms with Gasteiger partial charge in [-0.1, -0.05) is 0 Å². The van der Waals surface area contributed by atoms with Gasteiger partial charge in [0.05, 0.1) is 11.3 Å². The topological polar surface area (TPSA) is 71.5 Å². The Balaban J connectivity index is 1.57. The van der Waals surface area contributed by atoms with E-state index in [1.807, 2.05) is 37.9 Å². The van der Waals surface area contributed by atoms with Crippen LogP contribution in [0.25, 0.3) is 0 Å². The van der Waals surface area contributed by atoms with Crippen LogP contribution in [0.1, 0.15) is 24.1 Å². The van der Waals surface area contributed by atoms with E-state index in [0.717, 1.165) is 36.6 Å². The fourth-order valence-corrected chi connectivity index (χ4v) is 4.00. The first kappa shape index (κ1) is 16.8. The number of nitrogens with zero attached hydrogens (tertiary/aromatic N) is 5. The molecule has 2 aromatic rings. The number of amides is 1. The summed E-state index contributed by atoms with van der Waals surface area (Å²) in [6.45, 7) is 5.60. The second-order valence-electron chi connectivity index (χ2n) is 7.09. The highest BCUT2D eigenvalue weighted by molar-refractivity contribution is 5.79. The quantitative estimate of drug-likeness (QED) is 0.843. The molecule has 4 rings (SSSR count). The zero-order valence-corrected chi connectivity index (χ0v) is 15.3. The predicted molar refractivity (Wildman–Crippen MR) is 97.3 cm³/mol. The van der Waals surface area contributed by atoms with Gasteiger partial charge in [0.25, 0.3) is 0 Å². The molecule has 2 atom stereocenters. The summed E-state index contributed by atoms with van der Waals surface area (Å²) in [5.74, 6) is 2.74. The molecule has 0 aromatic carbocycles. The third kappa shape index (κ3) is 2.87. The van der Waals surface area contributed by atoms with Crippen LogP contribution in [-0.4, -0.2) is 51.9 Å². The number of fused-ring (bicyclic) bond motifs is 1. The minimum Gasteiger partial charge on any atom is -0.437 e. The summed E-state index contributed by atoms with van der Waals surface area (Å²) in [7, 11) is 1.92. The summed E-state index contributed by atoms with van der Waals surface area (Å²) in [5.41, 5.74) is 1.73. The molecule has 0 N–H and O–H groups in total. The molecule has 2 saturated heterocycles. The molecule has 7 nitrogen and oxygen atoms in total. The Bertz CT molecular complexity index is 840. The molecule has 2 aliphatic rings. The Morgan fingerprint density at radius 2 is 2.08 bits per heavy atom. The van der Waals surface area contributed by atoms with Gasteiger partial charge >= 0.3 is 0 Å². The molecule has 136 valence electrons. The average Bonchev–Trinajstić information content (AvgIpc) is 2.92. The maximum Gasteiger partial charge on any atom is 0.227 e. The smallest absolute Gasteiger partial charge is 0.227 e. The fourth-order valence-electron chi connectivity index (χ4n) is 4.00. The van der Waals surface area contributed by atoms with Crippen LogP contribution in [-0.2, 0) is 4.79 Å².